The Hall–Kier alpha value is -2.49. The third-order valence-corrected chi connectivity index (χ3v) is 3.37. The molecule has 0 aliphatic rings. The van der Waals surface area contributed by atoms with Crippen molar-refractivity contribution in [3.8, 4) is 11.5 Å². The topological polar surface area (TPSA) is 47.6 Å². The number of benzene rings is 2. The zero-order chi connectivity index (χ0) is 15.4. The number of nitrogens with one attached hydrogen (secondary N) is 1. The average molecular weight is 285 g/mol. The number of carbonyl (C=O) groups is 1. The van der Waals surface area contributed by atoms with Gasteiger partial charge in [-0.3, -0.25) is 4.79 Å². The van der Waals surface area contributed by atoms with Gasteiger partial charge in [-0.2, -0.15) is 0 Å². The van der Waals surface area contributed by atoms with Crippen LogP contribution in [-0.2, 0) is 0 Å². The third-order valence-electron chi connectivity index (χ3n) is 3.37. The summed E-state index contributed by atoms with van der Waals surface area (Å²) in [7, 11) is 3.06. The maximum atomic E-state index is 12.6. The highest BCUT2D eigenvalue weighted by atomic mass is 16.5. The van der Waals surface area contributed by atoms with E-state index in [0.717, 1.165) is 16.8 Å². The molecular formula is C17H19NO3. The molecule has 0 radical (unpaired) electrons. The minimum Gasteiger partial charge on any atom is -0.496 e. The van der Waals surface area contributed by atoms with Crippen LogP contribution >= 0.6 is 0 Å². The van der Waals surface area contributed by atoms with Gasteiger partial charge in [0, 0.05) is 5.69 Å². The third kappa shape index (κ3) is 2.99. The Bertz CT molecular complexity index is 623. The van der Waals surface area contributed by atoms with Gasteiger partial charge in [0.05, 0.1) is 14.2 Å². The smallest absolute Gasteiger partial charge is 0.263 e. The van der Waals surface area contributed by atoms with Gasteiger partial charge < -0.3 is 14.8 Å². The van der Waals surface area contributed by atoms with Gasteiger partial charge in [-0.05, 0) is 37.1 Å². The van der Waals surface area contributed by atoms with Crippen molar-refractivity contribution in [2.24, 2.45) is 0 Å². The van der Waals surface area contributed by atoms with Crippen molar-refractivity contribution in [3.63, 3.8) is 0 Å². The number of carbonyl (C=O) groups excluding carboxylic acids is 1. The molecule has 21 heavy (non-hydrogen) atoms. The van der Waals surface area contributed by atoms with E-state index in [9.17, 15) is 4.79 Å². The number of amides is 1. The molecule has 1 N–H and O–H groups in total. The van der Waals surface area contributed by atoms with E-state index in [1.54, 1.807) is 18.2 Å². The second-order valence-electron chi connectivity index (χ2n) is 4.76. The molecular weight excluding hydrogens is 266 g/mol. The number of aryl methyl sites for hydroxylation is 2. The van der Waals surface area contributed by atoms with Crippen molar-refractivity contribution < 1.29 is 14.3 Å². The number of hydrogen-bond acceptors (Lipinski definition) is 3. The lowest BCUT2D eigenvalue weighted by molar-refractivity contribution is 0.102. The van der Waals surface area contributed by atoms with Gasteiger partial charge in [0.2, 0.25) is 0 Å². The van der Waals surface area contributed by atoms with Crippen LogP contribution in [0.15, 0.2) is 36.4 Å². The molecule has 0 heterocycles. The van der Waals surface area contributed by atoms with Crippen LogP contribution < -0.4 is 14.8 Å². The Morgan fingerprint density at radius 1 is 0.905 bits per heavy atom. The second kappa shape index (κ2) is 6.31. The molecule has 4 heteroatoms. The summed E-state index contributed by atoms with van der Waals surface area (Å²) in [5.41, 5.74) is 3.23. The molecule has 0 atom stereocenters. The summed E-state index contributed by atoms with van der Waals surface area (Å²) in [5, 5.41) is 2.95. The number of ether oxygens (including phenoxy) is 2. The lowest BCUT2D eigenvalue weighted by Gasteiger charge is -2.15. The van der Waals surface area contributed by atoms with Crippen LogP contribution in [-0.4, -0.2) is 20.1 Å². The van der Waals surface area contributed by atoms with Crippen LogP contribution in [0.2, 0.25) is 0 Å². The molecule has 2 rings (SSSR count). The molecule has 0 aliphatic heterocycles. The van der Waals surface area contributed by atoms with Gasteiger partial charge in [-0.25, -0.2) is 0 Å². The summed E-state index contributed by atoms with van der Waals surface area (Å²) in [4.78, 5) is 12.6. The van der Waals surface area contributed by atoms with E-state index in [1.807, 2.05) is 32.0 Å². The molecule has 2 aromatic carbocycles. The van der Waals surface area contributed by atoms with Crippen LogP contribution in [0.1, 0.15) is 21.5 Å². The number of rotatable bonds is 4. The Morgan fingerprint density at radius 2 is 1.38 bits per heavy atom. The quantitative estimate of drug-likeness (QED) is 0.934. The molecule has 4 nitrogen and oxygen atoms in total. The molecule has 1 amide bonds. The second-order valence-corrected chi connectivity index (χ2v) is 4.76. The van der Waals surface area contributed by atoms with Gasteiger partial charge in [-0.15, -0.1) is 0 Å². The van der Waals surface area contributed by atoms with Crippen molar-refractivity contribution in [3.05, 3.63) is 53.1 Å². The molecule has 0 spiro atoms. The largest absolute Gasteiger partial charge is 0.496 e. The minimum atomic E-state index is -0.248. The number of hydrogen-bond donors (Lipinski definition) is 1. The number of para-hydroxylation sites is 1. The van der Waals surface area contributed by atoms with Crippen molar-refractivity contribution in [2.75, 3.05) is 19.5 Å². The highest BCUT2D eigenvalue weighted by molar-refractivity contribution is 6.08. The lowest BCUT2D eigenvalue weighted by atomic mass is 10.1. The molecule has 0 unspecified atom stereocenters. The van der Waals surface area contributed by atoms with Crippen LogP contribution in [0.5, 0.6) is 11.5 Å². The zero-order valence-electron chi connectivity index (χ0n) is 12.7. The molecule has 0 saturated carbocycles. The SMILES string of the molecule is COc1cccc(OC)c1C(=O)Nc1c(C)cccc1C. The fourth-order valence-corrected chi connectivity index (χ4v) is 2.26. The first-order valence-corrected chi connectivity index (χ1v) is 6.67. The normalized spacial score (nSPS) is 10.1. The van der Waals surface area contributed by atoms with E-state index in [1.165, 1.54) is 14.2 Å². The van der Waals surface area contributed by atoms with Gasteiger partial charge in [0.25, 0.3) is 5.91 Å². The molecule has 0 bridgehead atoms. The standard InChI is InChI=1S/C17H19NO3/c1-11-7-5-8-12(2)16(11)18-17(19)15-13(20-3)9-6-10-14(15)21-4/h5-10H,1-4H3,(H,18,19). The first-order chi connectivity index (χ1) is 10.1. The Balaban J connectivity index is 2.41. The molecule has 0 saturated heterocycles. The summed E-state index contributed by atoms with van der Waals surface area (Å²) >= 11 is 0. The van der Waals surface area contributed by atoms with E-state index in [4.69, 9.17) is 9.47 Å². The Morgan fingerprint density at radius 3 is 1.86 bits per heavy atom. The van der Waals surface area contributed by atoms with Gasteiger partial charge >= 0.3 is 0 Å². The zero-order valence-corrected chi connectivity index (χ0v) is 12.7. The summed E-state index contributed by atoms with van der Waals surface area (Å²) < 4.78 is 10.5. The molecule has 2 aromatic rings. The maximum Gasteiger partial charge on any atom is 0.263 e. The van der Waals surface area contributed by atoms with Gasteiger partial charge in [0.1, 0.15) is 17.1 Å². The van der Waals surface area contributed by atoms with E-state index in [2.05, 4.69) is 5.32 Å². The summed E-state index contributed by atoms with van der Waals surface area (Å²) in [6.45, 7) is 3.92. The minimum absolute atomic E-state index is 0.248. The van der Waals surface area contributed by atoms with E-state index in [-0.39, 0.29) is 5.91 Å². The maximum absolute atomic E-state index is 12.6. The summed E-state index contributed by atoms with van der Waals surface area (Å²) in [5.74, 6) is 0.720. The number of methoxy groups -OCH3 is 2. The summed E-state index contributed by atoms with van der Waals surface area (Å²) in [6, 6.07) is 11.1. The van der Waals surface area contributed by atoms with Crippen LogP contribution in [0, 0.1) is 13.8 Å². The van der Waals surface area contributed by atoms with Crippen molar-refractivity contribution in [1.29, 1.82) is 0 Å². The highest BCUT2D eigenvalue weighted by Gasteiger charge is 2.19. The molecule has 110 valence electrons. The lowest BCUT2D eigenvalue weighted by Crippen LogP contribution is -2.16. The molecule has 0 fully saturated rings. The molecule has 0 aromatic heterocycles. The van der Waals surface area contributed by atoms with Crippen molar-refractivity contribution >= 4 is 11.6 Å². The fourth-order valence-electron chi connectivity index (χ4n) is 2.26. The van der Waals surface area contributed by atoms with E-state index in [0.29, 0.717) is 17.1 Å². The van der Waals surface area contributed by atoms with Crippen molar-refractivity contribution in [2.45, 2.75) is 13.8 Å². The van der Waals surface area contributed by atoms with Crippen LogP contribution in [0.3, 0.4) is 0 Å². The predicted molar refractivity (Wildman–Crippen MR) is 83.4 cm³/mol. The highest BCUT2D eigenvalue weighted by Crippen LogP contribution is 2.30. The first-order valence-electron chi connectivity index (χ1n) is 6.67. The Labute approximate surface area is 124 Å². The average Bonchev–Trinajstić information content (AvgIpc) is 2.49. The van der Waals surface area contributed by atoms with Crippen molar-refractivity contribution in [1.82, 2.24) is 0 Å². The van der Waals surface area contributed by atoms with Gasteiger partial charge in [-0.1, -0.05) is 24.3 Å². The van der Waals surface area contributed by atoms with E-state index >= 15 is 0 Å². The molecule has 0 aliphatic carbocycles. The van der Waals surface area contributed by atoms with Crippen LogP contribution in [0.25, 0.3) is 0 Å². The fraction of sp³-hybridized carbons (Fsp3) is 0.235. The summed E-state index contributed by atoms with van der Waals surface area (Å²) in [6.07, 6.45) is 0. The first kappa shape index (κ1) is 14.9. The predicted octanol–water partition coefficient (Wildman–Crippen LogP) is 3.57. The van der Waals surface area contributed by atoms with Gasteiger partial charge in [0.15, 0.2) is 0 Å². The Kier molecular flexibility index (Phi) is 4.48. The number of anilines is 1. The van der Waals surface area contributed by atoms with E-state index < -0.39 is 0 Å². The van der Waals surface area contributed by atoms with Crippen LogP contribution in [0.4, 0.5) is 5.69 Å². The monoisotopic (exact) mass is 285 g/mol.